The Labute approximate surface area is 141 Å². The molecule has 0 aromatic carbocycles. The van der Waals surface area contributed by atoms with Crippen LogP contribution >= 0.6 is 65.4 Å². The highest BCUT2D eigenvalue weighted by Gasteiger charge is 2.19. The molecule has 0 aromatic heterocycles. The third kappa shape index (κ3) is 16.4. The van der Waals surface area contributed by atoms with Crippen LogP contribution in [0.4, 0.5) is 0 Å². The summed E-state index contributed by atoms with van der Waals surface area (Å²) in [4.78, 5) is 0. The van der Waals surface area contributed by atoms with Crippen molar-refractivity contribution >= 4 is 66.0 Å². The predicted molar refractivity (Wildman–Crippen MR) is 104 cm³/mol. The highest BCUT2D eigenvalue weighted by molar-refractivity contribution is 14.4. The fourth-order valence-electron chi connectivity index (χ4n) is 1.81. The molecule has 0 N–H and O–H groups in total. The summed E-state index contributed by atoms with van der Waals surface area (Å²) in [5.41, 5.74) is 0. The summed E-state index contributed by atoms with van der Waals surface area (Å²) in [6.45, 7) is 2.29. The maximum Gasteiger partial charge on any atom is 0.253 e. The minimum Gasteiger partial charge on any atom is -0.0909 e. The summed E-state index contributed by atoms with van der Waals surface area (Å²) in [5, 5.41) is 0. The van der Waals surface area contributed by atoms with Crippen LogP contribution in [0.3, 0.4) is 0 Å². The lowest BCUT2D eigenvalue weighted by molar-refractivity contribution is 0.562. The van der Waals surface area contributed by atoms with E-state index in [-0.39, 0.29) is 0 Å². The normalized spacial score (nSPS) is 12.0. The van der Waals surface area contributed by atoms with Crippen LogP contribution in [0.5, 0.6) is 0 Å². The smallest absolute Gasteiger partial charge is 0.0909 e. The first-order valence-electron chi connectivity index (χ1n) is 6.63. The molecule has 0 amide bonds. The molecule has 0 radical (unpaired) electrons. The van der Waals surface area contributed by atoms with Gasteiger partial charge in [0.05, 0.1) is 0 Å². The van der Waals surface area contributed by atoms with E-state index in [1.165, 1.54) is 70.3 Å². The molecule has 0 aromatic rings. The van der Waals surface area contributed by atoms with Gasteiger partial charge in [0.1, 0.15) is 0 Å². The molecule has 98 valence electrons. The van der Waals surface area contributed by atoms with Crippen LogP contribution in [-0.2, 0) is 0 Å². The van der Waals surface area contributed by atoms with Crippen molar-refractivity contribution in [3.05, 3.63) is 0 Å². The first-order valence-corrected chi connectivity index (χ1v) is 18.2. The van der Waals surface area contributed by atoms with E-state index in [1.54, 1.807) is 0 Å². The van der Waals surface area contributed by atoms with Crippen molar-refractivity contribution in [2.75, 3.05) is 0 Å². The Morgan fingerprint density at radius 3 is 1.38 bits per heavy atom. The van der Waals surface area contributed by atoms with Gasteiger partial charge in [-0.15, -0.1) is 0 Å². The van der Waals surface area contributed by atoms with Crippen LogP contribution in [0.15, 0.2) is 0 Å². The Kier molecular flexibility index (Phi) is 14.3. The Morgan fingerprint density at radius 2 is 1.00 bits per heavy atom. The molecule has 4 heteroatoms. The van der Waals surface area contributed by atoms with E-state index in [1.807, 2.05) is 0 Å². The number of hydrogen-bond acceptors (Lipinski definition) is 0. The maximum atomic E-state index is 2.68. The van der Waals surface area contributed by atoms with Crippen molar-refractivity contribution in [2.45, 2.75) is 77.2 Å². The first kappa shape index (κ1) is 18.4. The second-order valence-corrected chi connectivity index (χ2v) is 41.4. The molecule has 16 heavy (non-hydrogen) atoms. The molecule has 0 rings (SSSR count). The van der Waals surface area contributed by atoms with Crippen LogP contribution in [0.1, 0.15) is 71.1 Å². The van der Waals surface area contributed by atoms with Crippen molar-refractivity contribution in [1.82, 2.24) is 0 Å². The molecule has 0 heterocycles. The van der Waals surface area contributed by atoms with Crippen molar-refractivity contribution in [3.63, 3.8) is 0 Å². The quantitative estimate of drug-likeness (QED) is 0.106. The third-order valence-corrected chi connectivity index (χ3v) is 8.59. The van der Waals surface area contributed by atoms with Gasteiger partial charge in [-0.2, -0.15) is 0 Å². The third-order valence-electron chi connectivity index (χ3n) is 2.81. The van der Waals surface area contributed by atoms with Gasteiger partial charge < -0.3 is 0 Å². The fourth-order valence-corrected chi connectivity index (χ4v) is 5.90. The molecule has 0 unspecified atom stereocenters. The van der Waals surface area contributed by atoms with Crippen molar-refractivity contribution in [2.24, 2.45) is 0 Å². The van der Waals surface area contributed by atoms with Gasteiger partial charge in [0, 0.05) is 0 Å². The Bertz CT molecular complexity index is 146. The average Bonchev–Trinajstić information content (AvgIpc) is 2.19. The Balaban J connectivity index is 2.99. The zero-order valence-corrected chi connectivity index (χ0v) is 17.9. The Morgan fingerprint density at radius 1 is 0.625 bits per heavy atom. The monoisotopic (exact) mass is 578 g/mol. The van der Waals surface area contributed by atoms with E-state index in [4.69, 9.17) is 0 Å². The number of unbranched alkanes of at least 4 members (excludes halogenated alkanes) is 9. The van der Waals surface area contributed by atoms with Crippen molar-refractivity contribution in [3.8, 4) is 0 Å². The molecule has 0 saturated heterocycles. The molecular weight excluding hydrogens is 553 g/mol. The van der Waals surface area contributed by atoms with E-state index in [9.17, 15) is 0 Å². The summed E-state index contributed by atoms with van der Waals surface area (Å²) in [7, 11) is 0. The van der Waals surface area contributed by atoms with Crippen LogP contribution < -0.4 is 0 Å². The topological polar surface area (TPSA) is 0 Å². The van der Waals surface area contributed by atoms with E-state index < -0.39 is 0.564 Å². The summed E-state index contributed by atoms with van der Waals surface area (Å²) < 4.78 is -0.838. The minimum atomic E-state index is -0.838. The van der Waals surface area contributed by atoms with Gasteiger partial charge in [-0.05, 0) is 6.04 Å². The lowest BCUT2D eigenvalue weighted by atomic mass is 10.1. The van der Waals surface area contributed by atoms with Crippen LogP contribution in [0.2, 0.25) is 6.04 Å². The molecule has 0 aliphatic rings. The average molecular weight is 578 g/mol. The summed E-state index contributed by atoms with van der Waals surface area (Å²) in [6, 6.07) is 1.49. The molecule has 0 saturated carbocycles. The zero-order valence-electron chi connectivity index (χ0n) is 10.4. The fraction of sp³-hybridized carbons (Fsp3) is 1.00. The molecule has 0 aliphatic heterocycles. The van der Waals surface area contributed by atoms with E-state index >= 15 is 0 Å². The van der Waals surface area contributed by atoms with Gasteiger partial charge in [0.2, 0.25) is 0 Å². The standard InChI is InChI=1S/C12H25I3Si/c1-2-3-4-5-6-7-8-9-10-11-12-16(13,14)15/h2-12H2,1H3. The lowest BCUT2D eigenvalue weighted by Crippen LogP contribution is -2.03. The molecule has 0 aliphatic carbocycles. The van der Waals surface area contributed by atoms with Crippen molar-refractivity contribution < 1.29 is 0 Å². The van der Waals surface area contributed by atoms with E-state index in [0.717, 1.165) is 0 Å². The van der Waals surface area contributed by atoms with Crippen LogP contribution in [-0.4, -0.2) is 0.564 Å². The number of hydrogen-bond donors (Lipinski definition) is 0. The van der Waals surface area contributed by atoms with Gasteiger partial charge in [0.15, 0.2) is 0 Å². The molecular formula is C12H25I3Si. The number of halogens is 3. The molecule has 0 atom stereocenters. The first-order chi connectivity index (χ1) is 7.56. The highest BCUT2D eigenvalue weighted by Crippen LogP contribution is 2.35. The van der Waals surface area contributed by atoms with Gasteiger partial charge in [0.25, 0.3) is 0.564 Å². The SMILES string of the molecule is CCCCCCCCCCCC[Si](I)(I)I. The predicted octanol–water partition coefficient (Wildman–Crippen LogP) is 7.15. The molecule has 0 spiro atoms. The van der Waals surface area contributed by atoms with E-state index in [0.29, 0.717) is 0 Å². The summed E-state index contributed by atoms with van der Waals surface area (Å²) in [6.07, 6.45) is 14.6. The minimum absolute atomic E-state index is 0.838. The van der Waals surface area contributed by atoms with Crippen LogP contribution in [0.25, 0.3) is 0 Å². The lowest BCUT2D eigenvalue weighted by Gasteiger charge is -2.08. The van der Waals surface area contributed by atoms with Gasteiger partial charge in [-0.25, -0.2) is 0 Å². The molecule has 0 bridgehead atoms. The summed E-state index contributed by atoms with van der Waals surface area (Å²) >= 11 is 8.03. The van der Waals surface area contributed by atoms with E-state index in [2.05, 4.69) is 72.3 Å². The second kappa shape index (κ2) is 12.4. The highest BCUT2D eigenvalue weighted by atomic mass is 127. The second-order valence-electron chi connectivity index (χ2n) is 4.55. The largest absolute Gasteiger partial charge is 0.253 e. The Hall–Kier alpha value is 2.41. The van der Waals surface area contributed by atoms with Crippen molar-refractivity contribution in [1.29, 1.82) is 0 Å². The van der Waals surface area contributed by atoms with Gasteiger partial charge in [-0.3, -0.25) is 0 Å². The molecule has 0 nitrogen and oxygen atoms in total. The zero-order chi connectivity index (χ0) is 12.3. The van der Waals surface area contributed by atoms with Gasteiger partial charge in [-0.1, -0.05) is 137 Å². The van der Waals surface area contributed by atoms with Crippen LogP contribution in [0, 0.1) is 0 Å². The van der Waals surface area contributed by atoms with Gasteiger partial charge >= 0.3 is 0 Å². The number of rotatable bonds is 11. The summed E-state index contributed by atoms with van der Waals surface area (Å²) in [5.74, 6) is 0. The maximum absolute atomic E-state index is 2.68. The molecule has 0 fully saturated rings.